The third-order valence-electron chi connectivity index (χ3n) is 3.11. The first-order valence-electron chi connectivity index (χ1n) is 6.54. The average Bonchev–Trinajstić information content (AvgIpc) is 3.03. The first kappa shape index (κ1) is 16.6. The summed E-state index contributed by atoms with van der Waals surface area (Å²) in [6.45, 7) is 0.218. The third kappa shape index (κ3) is 3.90. The Hall–Kier alpha value is -1.77. The number of hydrogen-bond acceptors (Lipinski definition) is 5. The molecule has 22 heavy (non-hydrogen) atoms. The van der Waals surface area contributed by atoms with Crippen molar-refractivity contribution in [2.24, 2.45) is 0 Å². The zero-order valence-electron chi connectivity index (χ0n) is 12.3. The molecule has 0 unspecified atom stereocenters. The van der Waals surface area contributed by atoms with Crippen LogP contribution in [0.4, 0.5) is 0 Å². The van der Waals surface area contributed by atoms with Crippen LogP contribution in [0.5, 0.6) is 0 Å². The predicted octanol–water partition coefficient (Wildman–Crippen LogP) is 1.42. The summed E-state index contributed by atoms with van der Waals surface area (Å²) in [6, 6.07) is 6.83. The Morgan fingerprint density at radius 2 is 1.91 bits per heavy atom. The minimum Gasteiger partial charge on any atom is -0.340 e. The number of aromatic nitrogens is 1. The summed E-state index contributed by atoms with van der Waals surface area (Å²) < 4.78 is 25.8. The fourth-order valence-electron chi connectivity index (χ4n) is 1.81. The van der Waals surface area contributed by atoms with Gasteiger partial charge in [-0.1, -0.05) is 6.07 Å². The van der Waals surface area contributed by atoms with E-state index in [0.29, 0.717) is 6.54 Å². The summed E-state index contributed by atoms with van der Waals surface area (Å²) >= 11 is 1.13. The van der Waals surface area contributed by atoms with E-state index in [1.165, 1.54) is 18.0 Å². The molecule has 0 fully saturated rings. The fourth-order valence-corrected chi connectivity index (χ4v) is 4.13. The SMILES string of the molecule is CN(Cc1ccncc1)C(=O)CN(C)S(=O)(=O)c1cccs1. The smallest absolute Gasteiger partial charge is 0.252 e. The number of hydrogen-bond donors (Lipinski definition) is 0. The maximum Gasteiger partial charge on any atom is 0.252 e. The van der Waals surface area contributed by atoms with E-state index in [-0.39, 0.29) is 16.7 Å². The van der Waals surface area contributed by atoms with Crippen LogP contribution in [0, 0.1) is 0 Å². The van der Waals surface area contributed by atoms with Gasteiger partial charge < -0.3 is 4.90 Å². The standard InChI is InChI=1S/C14H17N3O3S2/c1-16(10-12-5-7-15-8-6-12)13(18)11-17(2)22(19,20)14-4-3-9-21-14/h3-9H,10-11H2,1-2H3. The van der Waals surface area contributed by atoms with E-state index >= 15 is 0 Å². The Morgan fingerprint density at radius 3 is 2.50 bits per heavy atom. The lowest BCUT2D eigenvalue weighted by atomic mass is 10.2. The van der Waals surface area contributed by atoms with E-state index in [2.05, 4.69) is 4.98 Å². The van der Waals surface area contributed by atoms with Gasteiger partial charge in [0.2, 0.25) is 5.91 Å². The summed E-state index contributed by atoms with van der Waals surface area (Å²) in [7, 11) is -0.546. The number of likely N-dealkylation sites (N-methyl/N-ethyl adjacent to an activating group) is 2. The zero-order valence-corrected chi connectivity index (χ0v) is 14.0. The summed E-state index contributed by atoms with van der Waals surface area (Å²) in [5.74, 6) is -0.264. The lowest BCUT2D eigenvalue weighted by Crippen LogP contribution is -2.38. The monoisotopic (exact) mass is 339 g/mol. The number of pyridine rings is 1. The van der Waals surface area contributed by atoms with Gasteiger partial charge in [-0.3, -0.25) is 9.78 Å². The molecular formula is C14H17N3O3S2. The molecule has 118 valence electrons. The van der Waals surface area contributed by atoms with Crippen molar-refractivity contribution in [3.05, 3.63) is 47.6 Å². The Bertz CT molecular complexity index is 715. The Kier molecular flexibility index (Phi) is 5.28. The van der Waals surface area contributed by atoms with Crippen molar-refractivity contribution in [3.8, 4) is 0 Å². The molecule has 2 rings (SSSR count). The molecule has 0 saturated heterocycles. The molecule has 0 aliphatic heterocycles. The van der Waals surface area contributed by atoms with Gasteiger partial charge in [-0.2, -0.15) is 4.31 Å². The molecule has 0 N–H and O–H groups in total. The van der Waals surface area contributed by atoms with Crippen LogP contribution in [-0.2, 0) is 21.4 Å². The number of amides is 1. The van der Waals surface area contributed by atoms with E-state index in [1.807, 2.05) is 12.1 Å². The van der Waals surface area contributed by atoms with Gasteiger partial charge in [0.25, 0.3) is 10.0 Å². The second kappa shape index (κ2) is 6.99. The second-order valence-corrected chi connectivity index (χ2v) is 8.02. The van der Waals surface area contributed by atoms with Crippen molar-refractivity contribution in [2.45, 2.75) is 10.8 Å². The van der Waals surface area contributed by atoms with Crippen molar-refractivity contribution in [2.75, 3.05) is 20.6 Å². The van der Waals surface area contributed by atoms with Gasteiger partial charge in [-0.25, -0.2) is 8.42 Å². The van der Waals surface area contributed by atoms with Crippen LogP contribution in [0.1, 0.15) is 5.56 Å². The minimum absolute atomic E-state index is 0.193. The lowest BCUT2D eigenvalue weighted by molar-refractivity contribution is -0.130. The molecule has 0 bridgehead atoms. The Labute approximate surface area is 134 Å². The minimum atomic E-state index is -3.60. The molecular weight excluding hydrogens is 322 g/mol. The molecule has 2 aromatic heterocycles. The van der Waals surface area contributed by atoms with Crippen LogP contribution in [0.25, 0.3) is 0 Å². The first-order chi connectivity index (χ1) is 10.4. The van der Waals surface area contributed by atoms with Crippen molar-refractivity contribution < 1.29 is 13.2 Å². The molecule has 0 aromatic carbocycles. The molecule has 1 amide bonds. The number of rotatable bonds is 6. The lowest BCUT2D eigenvalue weighted by Gasteiger charge is -2.21. The molecule has 2 heterocycles. The van der Waals surface area contributed by atoms with Crippen LogP contribution in [0.3, 0.4) is 0 Å². The van der Waals surface area contributed by atoms with Crippen LogP contribution in [0.2, 0.25) is 0 Å². The Morgan fingerprint density at radius 1 is 1.23 bits per heavy atom. The van der Waals surface area contributed by atoms with Crippen molar-refractivity contribution in [1.29, 1.82) is 0 Å². The van der Waals surface area contributed by atoms with Crippen molar-refractivity contribution in [1.82, 2.24) is 14.2 Å². The number of sulfonamides is 1. The Balaban J connectivity index is 1.99. The average molecular weight is 339 g/mol. The fraction of sp³-hybridized carbons (Fsp3) is 0.286. The van der Waals surface area contributed by atoms with Crippen LogP contribution in [0.15, 0.2) is 46.2 Å². The van der Waals surface area contributed by atoms with Crippen molar-refractivity contribution >= 4 is 27.3 Å². The number of carbonyl (C=O) groups is 1. The molecule has 0 atom stereocenters. The molecule has 8 heteroatoms. The molecule has 0 saturated carbocycles. The molecule has 6 nitrogen and oxygen atoms in total. The van der Waals surface area contributed by atoms with Gasteiger partial charge in [0.1, 0.15) is 4.21 Å². The molecule has 0 aliphatic carbocycles. The number of nitrogens with zero attached hydrogens (tertiary/aromatic N) is 3. The second-order valence-electron chi connectivity index (χ2n) is 4.80. The van der Waals surface area contributed by atoms with E-state index < -0.39 is 10.0 Å². The van der Waals surface area contributed by atoms with Gasteiger partial charge in [0, 0.05) is 33.0 Å². The van der Waals surface area contributed by atoms with Crippen LogP contribution < -0.4 is 0 Å². The first-order valence-corrected chi connectivity index (χ1v) is 8.86. The van der Waals surface area contributed by atoms with E-state index in [0.717, 1.165) is 21.2 Å². The molecule has 0 spiro atoms. The largest absolute Gasteiger partial charge is 0.340 e. The van der Waals surface area contributed by atoms with Gasteiger partial charge in [-0.15, -0.1) is 11.3 Å². The topological polar surface area (TPSA) is 70.6 Å². The summed E-state index contributed by atoms with van der Waals surface area (Å²) in [5, 5.41) is 1.69. The highest BCUT2D eigenvalue weighted by Crippen LogP contribution is 2.19. The maximum atomic E-state index is 12.3. The third-order valence-corrected chi connectivity index (χ3v) is 6.29. The van der Waals surface area contributed by atoms with E-state index in [1.54, 1.807) is 30.9 Å². The molecule has 2 aromatic rings. The predicted molar refractivity (Wildman–Crippen MR) is 84.8 cm³/mol. The number of carbonyl (C=O) groups excluding carboxylic acids is 1. The molecule has 0 radical (unpaired) electrons. The van der Waals surface area contributed by atoms with Crippen molar-refractivity contribution in [3.63, 3.8) is 0 Å². The highest BCUT2D eigenvalue weighted by Gasteiger charge is 2.24. The zero-order chi connectivity index (χ0) is 16.2. The highest BCUT2D eigenvalue weighted by atomic mass is 32.2. The van der Waals surface area contributed by atoms with Gasteiger partial charge in [0.05, 0.1) is 6.54 Å². The quantitative estimate of drug-likeness (QED) is 0.798. The van der Waals surface area contributed by atoms with E-state index in [9.17, 15) is 13.2 Å². The van der Waals surface area contributed by atoms with Gasteiger partial charge in [-0.05, 0) is 29.1 Å². The maximum absolute atomic E-state index is 12.3. The van der Waals surface area contributed by atoms with Gasteiger partial charge >= 0.3 is 0 Å². The summed E-state index contributed by atoms with van der Waals surface area (Å²) in [4.78, 5) is 17.6. The summed E-state index contributed by atoms with van der Waals surface area (Å²) in [6.07, 6.45) is 3.31. The number of thiophene rings is 1. The van der Waals surface area contributed by atoms with Crippen LogP contribution >= 0.6 is 11.3 Å². The van der Waals surface area contributed by atoms with Crippen LogP contribution in [-0.4, -0.2) is 49.2 Å². The van der Waals surface area contributed by atoms with E-state index in [4.69, 9.17) is 0 Å². The summed E-state index contributed by atoms with van der Waals surface area (Å²) in [5.41, 5.74) is 0.939. The normalized spacial score (nSPS) is 11.6. The van der Waals surface area contributed by atoms with Gasteiger partial charge in [0.15, 0.2) is 0 Å². The highest BCUT2D eigenvalue weighted by molar-refractivity contribution is 7.91. The molecule has 0 aliphatic rings.